The smallest absolute Gasteiger partial charge is 0.389 e. The third-order valence-electron chi connectivity index (χ3n) is 2.48. The molecule has 9 nitrogen and oxygen atoms in total. The molecule has 0 saturated carbocycles. The van der Waals surface area contributed by atoms with E-state index in [2.05, 4.69) is 5.10 Å². The van der Waals surface area contributed by atoms with Crippen molar-refractivity contribution in [1.29, 1.82) is 0 Å². The molecule has 2 heterocycles. The number of amides is 1. The van der Waals surface area contributed by atoms with Crippen LogP contribution >= 0.6 is 0 Å². The summed E-state index contributed by atoms with van der Waals surface area (Å²) < 4.78 is 6.71. The van der Waals surface area contributed by atoms with Gasteiger partial charge in [-0.25, -0.2) is 5.84 Å². The summed E-state index contributed by atoms with van der Waals surface area (Å²) in [5.74, 6) is 5.20. The van der Waals surface area contributed by atoms with Crippen LogP contribution < -0.4 is 11.3 Å². The Bertz CT molecular complexity index is 630. The third-order valence-corrected chi connectivity index (χ3v) is 2.48. The SMILES string of the molecule is Cc1oc(Cn2ccc([N+](=O)[O-])n2)cc1C(=O)NN. The lowest BCUT2D eigenvalue weighted by atomic mass is 10.2. The molecule has 0 aliphatic heterocycles. The van der Waals surface area contributed by atoms with Gasteiger partial charge in [-0.05, 0) is 17.9 Å². The maximum atomic E-state index is 11.4. The minimum atomic E-state index is -0.586. The molecular formula is C10H11N5O4. The van der Waals surface area contributed by atoms with Crippen LogP contribution in [0.5, 0.6) is 0 Å². The summed E-state index contributed by atoms with van der Waals surface area (Å²) in [6.07, 6.45) is 1.46. The van der Waals surface area contributed by atoms with Crippen molar-refractivity contribution < 1.29 is 14.1 Å². The van der Waals surface area contributed by atoms with Crippen LogP contribution in [0.4, 0.5) is 5.82 Å². The number of hydrazine groups is 1. The van der Waals surface area contributed by atoms with Gasteiger partial charge in [0, 0.05) is 0 Å². The fourth-order valence-corrected chi connectivity index (χ4v) is 1.62. The van der Waals surface area contributed by atoms with Gasteiger partial charge in [-0.3, -0.25) is 10.2 Å². The molecule has 0 spiro atoms. The number of nitrogen functional groups attached to an aromatic ring is 1. The van der Waals surface area contributed by atoms with Gasteiger partial charge in [0.25, 0.3) is 5.91 Å². The molecule has 0 saturated heterocycles. The van der Waals surface area contributed by atoms with Gasteiger partial charge in [0.1, 0.15) is 18.1 Å². The second-order valence-electron chi connectivity index (χ2n) is 3.78. The standard InChI is InChI=1S/C10H11N5O4/c1-6-8(10(16)12-11)4-7(19-6)5-14-3-2-9(13-14)15(17)18/h2-4H,5,11H2,1H3,(H,12,16). The molecule has 19 heavy (non-hydrogen) atoms. The summed E-state index contributed by atoms with van der Waals surface area (Å²) in [6, 6.07) is 2.80. The van der Waals surface area contributed by atoms with Crippen molar-refractivity contribution in [3.05, 3.63) is 45.5 Å². The van der Waals surface area contributed by atoms with E-state index in [-0.39, 0.29) is 12.4 Å². The first-order valence-electron chi connectivity index (χ1n) is 5.29. The van der Waals surface area contributed by atoms with E-state index in [0.29, 0.717) is 17.1 Å². The highest BCUT2D eigenvalue weighted by atomic mass is 16.6. The topological polar surface area (TPSA) is 129 Å². The predicted octanol–water partition coefficient (Wildman–Crippen LogP) is 0.345. The van der Waals surface area contributed by atoms with E-state index < -0.39 is 10.8 Å². The minimum absolute atomic E-state index is 0.187. The van der Waals surface area contributed by atoms with Crippen LogP contribution in [0, 0.1) is 17.0 Å². The third kappa shape index (κ3) is 2.60. The van der Waals surface area contributed by atoms with Crippen LogP contribution in [0.2, 0.25) is 0 Å². The van der Waals surface area contributed by atoms with Crippen molar-refractivity contribution in [3.8, 4) is 0 Å². The number of carbonyl (C=O) groups excluding carboxylic acids is 1. The zero-order chi connectivity index (χ0) is 14.0. The highest BCUT2D eigenvalue weighted by molar-refractivity contribution is 5.94. The van der Waals surface area contributed by atoms with Crippen molar-refractivity contribution in [2.75, 3.05) is 0 Å². The second kappa shape index (κ2) is 4.90. The Morgan fingerprint density at radius 3 is 3.00 bits per heavy atom. The monoisotopic (exact) mass is 265 g/mol. The number of aromatic nitrogens is 2. The second-order valence-corrected chi connectivity index (χ2v) is 3.78. The van der Waals surface area contributed by atoms with E-state index in [1.165, 1.54) is 23.0 Å². The Labute approximate surface area is 107 Å². The van der Waals surface area contributed by atoms with Crippen molar-refractivity contribution in [2.24, 2.45) is 5.84 Å². The van der Waals surface area contributed by atoms with Gasteiger partial charge < -0.3 is 14.5 Å². The van der Waals surface area contributed by atoms with Crippen molar-refractivity contribution >= 4 is 11.7 Å². The lowest BCUT2D eigenvalue weighted by molar-refractivity contribution is -0.389. The summed E-state index contributed by atoms with van der Waals surface area (Å²) in [5.41, 5.74) is 2.33. The largest absolute Gasteiger partial charge is 0.463 e. The molecule has 2 aromatic heterocycles. The fourth-order valence-electron chi connectivity index (χ4n) is 1.62. The summed E-state index contributed by atoms with van der Waals surface area (Å²) >= 11 is 0. The van der Waals surface area contributed by atoms with Gasteiger partial charge in [-0.15, -0.1) is 0 Å². The molecule has 100 valence electrons. The van der Waals surface area contributed by atoms with Crippen LogP contribution in [0.1, 0.15) is 21.9 Å². The zero-order valence-electron chi connectivity index (χ0n) is 9.99. The van der Waals surface area contributed by atoms with E-state index in [4.69, 9.17) is 10.3 Å². The van der Waals surface area contributed by atoms with Gasteiger partial charge >= 0.3 is 5.82 Å². The number of rotatable bonds is 4. The minimum Gasteiger partial charge on any atom is -0.463 e. The zero-order valence-corrected chi connectivity index (χ0v) is 9.99. The summed E-state index contributed by atoms with van der Waals surface area (Å²) in [6.45, 7) is 1.81. The van der Waals surface area contributed by atoms with Crippen LogP contribution in [0.3, 0.4) is 0 Å². The first-order chi connectivity index (χ1) is 9.01. The molecule has 0 atom stereocenters. The Hall–Kier alpha value is -2.68. The summed E-state index contributed by atoms with van der Waals surface area (Å²) in [7, 11) is 0. The molecule has 0 radical (unpaired) electrons. The maximum Gasteiger partial charge on any atom is 0.389 e. The van der Waals surface area contributed by atoms with Crippen molar-refractivity contribution in [3.63, 3.8) is 0 Å². The van der Waals surface area contributed by atoms with E-state index in [0.717, 1.165) is 0 Å². The number of nitrogens with two attached hydrogens (primary N) is 1. The summed E-state index contributed by atoms with van der Waals surface area (Å²) in [5, 5.41) is 14.2. The molecule has 0 fully saturated rings. The molecule has 2 aromatic rings. The van der Waals surface area contributed by atoms with Crippen molar-refractivity contribution in [1.82, 2.24) is 15.2 Å². The number of nitrogens with one attached hydrogen (secondary N) is 1. The first-order valence-corrected chi connectivity index (χ1v) is 5.29. The molecule has 0 bridgehead atoms. The van der Waals surface area contributed by atoms with Crippen LogP contribution in [-0.2, 0) is 6.54 Å². The van der Waals surface area contributed by atoms with Gasteiger partial charge in [-0.1, -0.05) is 0 Å². The quantitative estimate of drug-likeness (QED) is 0.355. The van der Waals surface area contributed by atoms with Gasteiger partial charge in [0.15, 0.2) is 0 Å². The highest BCUT2D eigenvalue weighted by Gasteiger charge is 2.16. The highest BCUT2D eigenvalue weighted by Crippen LogP contribution is 2.16. The number of aryl methyl sites for hydroxylation is 1. The van der Waals surface area contributed by atoms with Gasteiger partial charge in [0.2, 0.25) is 0 Å². The normalized spacial score (nSPS) is 10.4. The van der Waals surface area contributed by atoms with Crippen molar-refractivity contribution in [2.45, 2.75) is 13.5 Å². The van der Waals surface area contributed by atoms with Crippen LogP contribution in [0.15, 0.2) is 22.7 Å². The van der Waals surface area contributed by atoms with Gasteiger partial charge in [0.05, 0.1) is 22.9 Å². The summed E-state index contributed by atoms with van der Waals surface area (Å²) in [4.78, 5) is 21.3. The van der Waals surface area contributed by atoms with Gasteiger partial charge in [-0.2, -0.15) is 4.68 Å². The molecule has 0 aliphatic carbocycles. The predicted molar refractivity (Wildman–Crippen MR) is 63.1 cm³/mol. The number of furan rings is 1. The molecule has 2 rings (SSSR count). The van der Waals surface area contributed by atoms with E-state index >= 15 is 0 Å². The molecule has 3 N–H and O–H groups in total. The molecule has 0 aliphatic rings. The van der Waals surface area contributed by atoms with Crippen LogP contribution in [0.25, 0.3) is 0 Å². The molecule has 1 amide bonds. The number of carbonyl (C=O) groups is 1. The Balaban J connectivity index is 2.19. The molecule has 9 heteroatoms. The molecule has 0 unspecified atom stereocenters. The lowest BCUT2D eigenvalue weighted by Crippen LogP contribution is -2.30. The Morgan fingerprint density at radius 2 is 2.42 bits per heavy atom. The fraction of sp³-hybridized carbons (Fsp3) is 0.200. The average Bonchev–Trinajstić information content (AvgIpc) is 2.96. The van der Waals surface area contributed by atoms with E-state index in [1.54, 1.807) is 6.92 Å². The molecule has 0 aromatic carbocycles. The first kappa shape index (κ1) is 12.8. The number of nitrogens with zero attached hydrogens (tertiary/aromatic N) is 3. The number of hydrogen-bond donors (Lipinski definition) is 2. The number of hydrogen-bond acceptors (Lipinski definition) is 6. The Kier molecular flexibility index (Phi) is 3.29. The number of nitro groups is 1. The maximum absolute atomic E-state index is 11.4. The van der Waals surface area contributed by atoms with Crippen LogP contribution in [-0.4, -0.2) is 20.6 Å². The average molecular weight is 265 g/mol. The molecular weight excluding hydrogens is 254 g/mol. The van der Waals surface area contributed by atoms with E-state index in [1.807, 2.05) is 5.43 Å². The van der Waals surface area contributed by atoms with E-state index in [9.17, 15) is 14.9 Å². The lowest BCUT2D eigenvalue weighted by Gasteiger charge is -1.93. The Morgan fingerprint density at radius 1 is 1.68 bits per heavy atom.